The molecule has 0 radical (unpaired) electrons. The molecule has 2 rings (SSSR count). The number of hydrogen-bond acceptors (Lipinski definition) is 3. The fourth-order valence-corrected chi connectivity index (χ4v) is 2.86. The average molecular weight is 276 g/mol. The van der Waals surface area contributed by atoms with Crippen LogP contribution in [0.2, 0.25) is 0 Å². The van der Waals surface area contributed by atoms with Gasteiger partial charge >= 0.3 is 0 Å². The van der Waals surface area contributed by atoms with Crippen molar-refractivity contribution in [2.24, 2.45) is 11.7 Å². The van der Waals surface area contributed by atoms with Crippen LogP contribution in [0, 0.1) is 5.92 Å². The lowest BCUT2D eigenvalue weighted by molar-refractivity contribution is 0.129. The van der Waals surface area contributed by atoms with Crippen molar-refractivity contribution in [3.8, 4) is 5.75 Å². The van der Waals surface area contributed by atoms with Crippen LogP contribution in [0.5, 0.6) is 5.75 Å². The Hall–Kier alpha value is -1.09. The van der Waals surface area contributed by atoms with Crippen molar-refractivity contribution in [2.45, 2.75) is 70.9 Å². The molecule has 1 saturated carbocycles. The van der Waals surface area contributed by atoms with Crippen LogP contribution in [0.4, 0.5) is 0 Å². The van der Waals surface area contributed by atoms with Gasteiger partial charge in [0.2, 0.25) is 0 Å². The minimum atomic E-state index is 0.207. The summed E-state index contributed by atoms with van der Waals surface area (Å²) < 4.78 is 6.04. The Bertz CT molecular complexity index is 382. The third-order valence-electron chi connectivity index (χ3n) is 4.47. The Labute approximate surface area is 122 Å². The molecule has 0 aliphatic heterocycles. The summed E-state index contributed by atoms with van der Waals surface area (Å²) in [6, 6.07) is 4.29. The highest BCUT2D eigenvalue weighted by Gasteiger charge is 2.21. The van der Waals surface area contributed by atoms with E-state index in [1.54, 1.807) is 0 Å². The van der Waals surface area contributed by atoms with Gasteiger partial charge in [-0.2, -0.15) is 0 Å². The lowest BCUT2D eigenvalue weighted by Gasteiger charge is -2.28. The highest BCUT2D eigenvalue weighted by atomic mass is 16.5. The van der Waals surface area contributed by atoms with Gasteiger partial charge in [-0.25, -0.2) is 0 Å². The molecule has 1 heterocycles. The molecule has 1 aromatic rings. The fraction of sp³-hybridized carbons (Fsp3) is 0.706. The molecule has 1 fully saturated rings. The lowest BCUT2D eigenvalue weighted by atomic mass is 9.86. The Morgan fingerprint density at radius 1 is 1.25 bits per heavy atom. The molecule has 1 atom stereocenters. The van der Waals surface area contributed by atoms with Crippen molar-refractivity contribution in [3.05, 3.63) is 24.0 Å². The molecule has 0 spiro atoms. The van der Waals surface area contributed by atoms with Crippen molar-refractivity contribution in [1.29, 1.82) is 0 Å². The maximum Gasteiger partial charge on any atom is 0.138 e. The van der Waals surface area contributed by atoms with E-state index >= 15 is 0 Å². The SMILES string of the molecule is CCC(N)Cc1ccc(OC2CCC(CC)CC2)cn1. The first-order valence-electron chi connectivity index (χ1n) is 8.08. The summed E-state index contributed by atoms with van der Waals surface area (Å²) in [5.41, 5.74) is 7.00. The zero-order valence-corrected chi connectivity index (χ0v) is 12.8. The molecule has 112 valence electrons. The van der Waals surface area contributed by atoms with Crippen molar-refractivity contribution in [1.82, 2.24) is 4.98 Å². The second kappa shape index (κ2) is 7.63. The van der Waals surface area contributed by atoms with E-state index in [1.807, 2.05) is 18.3 Å². The van der Waals surface area contributed by atoms with Crippen LogP contribution in [0.25, 0.3) is 0 Å². The highest BCUT2D eigenvalue weighted by Crippen LogP contribution is 2.29. The van der Waals surface area contributed by atoms with Gasteiger partial charge < -0.3 is 10.5 Å². The first-order chi connectivity index (χ1) is 9.71. The maximum atomic E-state index is 6.04. The summed E-state index contributed by atoms with van der Waals surface area (Å²) in [5.74, 6) is 1.81. The monoisotopic (exact) mass is 276 g/mol. The molecule has 1 aliphatic rings. The second-order valence-corrected chi connectivity index (χ2v) is 6.03. The van der Waals surface area contributed by atoms with Crippen LogP contribution in [0.1, 0.15) is 58.1 Å². The first-order valence-corrected chi connectivity index (χ1v) is 8.08. The van der Waals surface area contributed by atoms with Crippen molar-refractivity contribution >= 4 is 0 Å². The van der Waals surface area contributed by atoms with E-state index in [1.165, 1.54) is 32.1 Å². The molecule has 1 aliphatic carbocycles. The quantitative estimate of drug-likeness (QED) is 0.861. The Kier molecular flexibility index (Phi) is 5.84. The van der Waals surface area contributed by atoms with Crippen LogP contribution in [0.15, 0.2) is 18.3 Å². The number of ether oxygens (including phenoxy) is 1. The van der Waals surface area contributed by atoms with Crippen molar-refractivity contribution < 1.29 is 4.74 Å². The second-order valence-electron chi connectivity index (χ2n) is 6.03. The van der Waals surface area contributed by atoms with E-state index in [4.69, 9.17) is 10.5 Å². The molecule has 20 heavy (non-hydrogen) atoms. The van der Waals surface area contributed by atoms with E-state index in [2.05, 4.69) is 18.8 Å². The van der Waals surface area contributed by atoms with Gasteiger partial charge in [0.05, 0.1) is 12.3 Å². The van der Waals surface area contributed by atoms with E-state index in [0.29, 0.717) is 6.10 Å². The average Bonchev–Trinajstić information content (AvgIpc) is 2.50. The molecular weight excluding hydrogens is 248 g/mol. The van der Waals surface area contributed by atoms with Crippen LogP contribution in [0.3, 0.4) is 0 Å². The van der Waals surface area contributed by atoms with Gasteiger partial charge in [0, 0.05) is 18.2 Å². The number of aromatic nitrogens is 1. The third-order valence-corrected chi connectivity index (χ3v) is 4.47. The minimum absolute atomic E-state index is 0.207. The van der Waals surface area contributed by atoms with E-state index < -0.39 is 0 Å². The summed E-state index contributed by atoms with van der Waals surface area (Å²) in [6.45, 7) is 4.39. The van der Waals surface area contributed by atoms with Gasteiger partial charge in [-0.15, -0.1) is 0 Å². The molecular formula is C17H28N2O. The van der Waals surface area contributed by atoms with E-state index in [9.17, 15) is 0 Å². The molecule has 0 bridgehead atoms. The topological polar surface area (TPSA) is 48.1 Å². The Balaban J connectivity index is 1.82. The van der Waals surface area contributed by atoms with Crippen LogP contribution in [-0.2, 0) is 6.42 Å². The van der Waals surface area contributed by atoms with Gasteiger partial charge in [0.25, 0.3) is 0 Å². The predicted octanol–water partition coefficient (Wildman–Crippen LogP) is 3.71. The zero-order valence-electron chi connectivity index (χ0n) is 12.8. The third kappa shape index (κ3) is 4.48. The number of hydrogen-bond donors (Lipinski definition) is 1. The molecule has 0 aromatic carbocycles. The van der Waals surface area contributed by atoms with Gasteiger partial charge in [-0.1, -0.05) is 20.3 Å². The summed E-state index contributed by atoms with van der Waals surface area (Å²) in [6.07, 6.45) is 10.3. The predicted molar refractivity (Wildman–Crippen MR) is 82.9 cm³/mol. The number of nitrogens with two attached hydrogens (primary N) is 1. The molecule has 1 aromatic heterocycles. The fourth-order valence-electron chi connectivity index (χ4n) is 2.86. The molecule has 0 amide bonds. The van der Waals surface area contributed by atoms with Crippen LogP contribution < -0.4 is 10.5 Å². The van der Waals surface area contributed by atoms with Crippen molar-refractivity contribution in [3.63, 3.8) is 0 Å². The smallest absolute Gasteiger partial charge is 0.138 e. The summed E-state index contributed by atoms with van der Waals surface area (Å²) in [4.78, 5) is 4.46. The summed E-state index contributed by atoms with van der Waals surface area (Å²) >= 11 is 0. The lowest BCUT2D eigenvalue weighted by Crippen LogP contribution is -2.24. The van der Waals surface area contributed by atoms with Crippen molar-refractivity contribution in [2.75, 3.05) is 0 Å². The standard InChI is InChI=1S/C17H28N2O/c1-3-13-5-8-16(9-6-13)20-17-10-7-15(19-12-17)11-14(18)4-2/h7,10,12-14,16H,3-6,8-9,11,18H2,1-2H3. The Morgan fingerprint density at radius 2 is 2.00 bits per heavy atom. The largest absolute Gasteiger partial charge is 0.489 e. The van der Waals surface area contributed by atoms with E-state index in [-0.39, 0.29) is 6.04 Å². The zero-order chi connectivity index (χ0) is 14.4. The number of rotatable bonds is 6. The molecule has 0 saturated heterocycles. The van der Waals surface area contributed by atoms with Gasteiger partial charge in [0.1, 0.15) is 5.75 Å². The number of nitrogens with zero attached hydrogens (tertiary/aromatic N) is 1. The Morgan fingerprint density at radius 3 is 2.55 bits per heavy atom. The van der Waals surface area contributed by atoms with Crippen LogP contribution >= 0.6 is 0 Å². The van der Waals surface area contributed by atoms with Gasteiger partial charge in [-0.05, 0) is 50.2 Å². The molecule has 3 heteroatoms. The van der Waals surface area contributed by atoms with Gasteiger partial charge in [-0.3, -0.25) is 4.98 Å². The van der Waals surface area contributed by atoms with E-state index in [0.717, 1.165) is 30.2 Å². The molecule has 3 nitrogen and oxygen atoms in total. The summed E-state index contributed by atoms with van der Waals surface area (Å²) in [5, 5.41) is 0. The first kappa shape index (κ1) is 15.3. The summed E-state index contributed by atoms with van der Waals surface area (Å²) in [7, 11) is 0. The molecule has 1 unspecified atom stereocenters. The van der Waals surface area contributed by atoms with Gasteiger partial charge in [0.15, 0.2) is 0 Å². The minimum Gasteiger partial charge on any atom is -0.489 e. The maximum absolute atomic E-state index is 6.04. The molecule has 2 N–H and O–H groups in total. The number of pyridine rings is 1. The van der Waals surface area contributed by atoms with Crippen LogP contribution in [-0.4, -0.2) is 17.1 Å². The normalized spacial score (nSPS) is 24.4. The highest BCUT2D eigenvalue weighted by molar-refractivity contribution is 5.20.